The zero-order valence-corrected chi connectivity index (χ0v) is 14.8. The maximum absolute atomic E-state index is 12.3. The van der Waals surface area contributed by atoms with Gasteiger partial charge < -0.3 is 14.8 Å². The average Bonchev–Trinajstić information content (AvgIpc) is 2.55. The van der Waals surface area contributed by atoms with Gasteiger partial charge in [-0.15, -0.1) is 4.91 Å². The molecule has 2 rings (SSSR count). The molecule has 2 unspecified atom stereocenters. The summed E-state index contributed by atoms with van der Waals surface area (Å²) < 4.78 is 10.8. The van der Waals surface area contributed by atoms with Gasteiger partial charge in [0.1, 0.15) is 17.4 Å². The third-order valence-corrected chi connectivity index (χ3v) is 3.87. The highest BCUT2D eigenvalue weighted by atomic mass is 16.6. The minimum absolute atomic E-state index is 0.249. The molecule has 7 heteroatoms. The van der Waals surface area contributed by atoms with Crippen LogP contribution in [-0.4, -0.2) is 29.8 Å². The van der Waals surface area contributed by atoms with Gasteiger partial charge in [0.05, 0.1) is 11.6 Å². The fourth-order valence-corrected chi connectivity index (χ4v) is 2.73. The summed E-state index contributed by atoms with van der Waals surface area (Å²) in [4.78, 5) is 34.7. The van der Waals surface area contributed by atoms with Crippen LogP contribution in [0.1, 0.15) is 56.8 Å². The van der Waals surface area contributed by atoms with Crippen LogP contribution < -0.4 is 5.32 Å². The predicted octanol–water partition coefficient (Wildman–Crippen LogP) is 4.08. The molecule has 1 amide bonds. The number of hydrogen-bond donors (Lipinski definition) is 1. The van der Waals surface area contributed by atoms with E-state index in [4.69, 9.17) is 9.47 Å². The number of hydrogen-bond acceptors (Lipinski definition) is 6. The second-order valence-electron chi connectivity index (χ2n) is 7.12. The summed E-state index contributed by atoms with van der Waals surface area (Å²) in [6, 6.07) is 5.64. The van der Waals surface area contributed by atoms with E-state index in [1.54, 1.807) is 20.8 Å². The Hall–Kier alpha value is -2.44. The van der Waals surface area contributed by atoms with Crippen LogP contribution in [0.25, 0.3) is 0 Å². The van der Waals surface area contributed by atoms with Crippen LogP contribution in [0.15, 0.2) is 29.4 Å². The largest absolute Gasteiger partial charge is 0.457 e. The van der Waals surface area contributed by atoms with Gasteiger partial charge in [0.25, 0.3) is 0 Å². The number of nitrogens with one attached hydrogen (secondary N) is 1. The molecule has 1 aliphatic carbocycles. The Morgan fingerprint density at radius 2 is 1.76 bits per heavy atom. The fraction of sp³-hybridized carbons (Fsp3) is 0.556. The summed E-state index contributed by atoms with van der Waals surface area (Å²) in [6.07, 6.45) is 2.37. The Bertz CT molecular complexity index is 621. The van der Waals surface area contributed by atoms with Gasteiger partial charge in [-0.1, -0.05) is 6.42 Å². The lowest BCUT2D eigenvalue weighted by molar-refractivity contribution is 0.00432. The Labute approximate surface area is 147 Å². The number of carbonyl (C=O) groups excluding carboxylic acids is 2. The van der Waals surface area contributed by atoms with E-state index in [9.17, 15) is 14.5 Å². The Morgan fingerprint density at radius 3 is 2.36 bits per heavy atom. The first-order valence-electron chi connectivity index (χ1n) is 8.42. The van der Waals surface area contributed by atoms with Crippen LogP contribution in [0.2, 0.25) is 0 Å². The molecule has 0 bridgehead atoms. The SMILES string of the molecule is CC(C)(C)OC(=O)NC1CCCCC1OC(=O)c1ccc(N=O)cc1. The molecule has 1 aromatic rings. The molecule has 1 saturated carbocycles. The second-order valence-corrected chi connectivity index (χ2v) is 7.12. The quantitative estimate of drug-likeness (QED) is 0.653. The number of amides is 1. The maximum atomic E-state index is 12.3. The lowest BCUT2D eigenvalue weighted by Gasteiger charge is -2.32. The number of carbonyl (C=O) groups is 2. The third-order valence-electron chi connectivity index (χ3n) is 3.87. The molecule has 1 fully saturated rings. The van der Waals surface area contributed by atoms with Crippen molar-refractivity contribution in [2.45, 2.75) is 64.2 Å². The van der Waals surface area contributed by atoms with E-state index in [0.717, 1.165) is 19.3 Å². The third kappa shape index (κ3) is 5.85. The number of nitrogens with zero attached hydrogens (tertiary/aromatic N) is 1. The van der Waals surface area contributed by atoms with Gasteiger partial charge in [-0.3, -0.25) is 0 Å². The summed E-state index contributed by atoms with van der Waals surface area (Å²) in [5.74, 6) is -0.486. The lowest BCUT2D eigenvalue weighted by atomic mass is 9.92. The first-order valence-corrected chi connectivity index (χ1v) is 8.42. The van der Waals surface area contributed by atoms with E-state index in [1.807, 2.05) is 0 Å². The highest BCUT2D eigenvalue weighted by Crippen LogP contribution is 2.23. The molecular formula is C18H24N2O5. The molecule has 0 aliphatic heterocycles. The monoisotopic (exact) mass is 348 g/mol. The average molecular weight is 348 g/mol. The van der Waals surface area contributed by atoms with Crippen molar-refractivity contribution in [3.05, 3.63) is 34.7 Å². The molecule has 0 spiro atoms. The van der Waals surface area contributed by atoms with Crippen molar-refractivity contribution in [3.8, 4) is 0 Å². The van der Waals surface area contributed by atoms with E-state index < -0.39 is 23.8 Å². The van der Waals surface area contributed by atoms with Crippen molar-refractivity contribution in [1.82, 2.24) is 5.32 Å². The molecule has 136 valence electrons. The number of alkyl carbamates (subject to hydrolysis) is 1. The van der Waals surface area contributed by atoms with Gasteiger partial charge in [-0.2, -0.15) is 0 Å². The van der Waals surface area contributed by atoms with Gasteiger partial charge in [-0.25, -0.2) is 9.59 Å². The molecule has 0 saturated heterocycles. The summed E-state index contributed by atoms with van der Waals surface area (Å²) in [5.41, 5.74) is 0.00640. The van der Waals surface area contributed by atoms with E-state index in [-0.39, 0.29) is 11.7 Å². The summed E-state index contributed by atoms with van der Waals surface area (Å²) in [7, 11) is 0. The summed E-state index contributed by atoms with van der Waals surface area (Å²) >= 11 is 0. The number of esters is 1. The van der Waals surface area contributed by atoms with Crippen LogP contribution in [0.5, 0.6) is 0 Å². The van der Waals surface area contributed by atoms with E-state index in [1.165, 1.54) is 24.3 Å². The van der Waals surface area contributed by atoms with Gasteiger partial charge >= 0.3 is 12.1 Å². The van der Waals surface area contributed by atoms with Gasteiger partial charge in [-0.05, 0) is 69.5 Å². The first kappa shape index (κ1) is 18.9. The number of benzene rings is 1. The Kier molecular flexibility index (Phi) is 6.12. The van der Waals surface area contributed by atoms with Crippen molar-refractivity contribution >= 4 is 17.7 Å². The lowest BCUT2D eigenvalue weighted by Crippen LogP contribution is -2.48. The van der Waals surface area contributed by atoms with Gasteiger partial charge in [0.2, 0.25) is 0 Å². The molecular weight excluding hydrogens is 324 g/mol. The van der Waals surface area contributed by atoms with Crippen molar-refractivity contribution in [2.75, 3.05) is 0 Å². The number of nitroso groups, excluding NO2 is 1. The van der Waals surface area contributed by atoms with Crippen molar-refractivity contribution in [3.63, 3.8) is 0 Å². The van der Waals surface area contributed by atoms with E-state index in [0.29, 0.717) is 12.0 Å². The molecule has 2 atom stereocenters. The van der Waals surface area contributed by atoms with Crippen LogP contribution in [0.3, 0.4) is 0 Å². The molecule has 1 aliphatic rings. The Morgan fingerprint density at radius 1 is 1.12 bits per heavy atom. The maximum Gasteiger partial charge on any atom is 0.408 e. The minimum Gasteiger partial charge on any atom is -0.457 e. The summed E-state index contributed by atoms with van der Waals surface area (Å²) in [5, 5.41) is 5.60. The number of rotatable bonds is 4. The standard InChI is InChI=1S/C18H24N2O5/c1-18(2,3)25-17(22)19-14-6-4-5-7-15(14)24-16(21)12-8-10-13(20-23)11-9-12/h8-11,14-15H,4-7H2,1-3H3,(H,19,22). The van der Waals surface area contributed by atoms with Crippen molar-refractivity contribution in [1.29, 1.82) is 0 Å². The number of ether oxygens (including phenoxy) is 2. The highest BCUT2D eigenvalue weighted by Gasteiger charge is 2.31. The molecule has 0 radical (unpaired) electrons. The zero-order valence-electron chi connectivity index (χ0n) is 14.8. The predicted molar refractivity (Wildman–Crippen MR) is 92.7 cm³/mol. The zero-order chi connectivity index (χ0) is 18.4. The molecule has 0 aromatic heterocycles. The molecule has 1 aromatic carbocycles. The van der Waals surface area contributed by atoms with Crippen LogP contribution in [0, 0.1) is 4.91 Å². The van der Waals surface area contributed by atoms with Crippen LogP contribution in [0.4, 0.5) is 10.5 Å². The fourth-order valence-electron chi connectivity index (χ4n) is 2.73. The van der Waals surface area contributed by atoms with Crippen LogP contribution >= 0.6 is 0 Å². The molecule has 25 heavy (non-hydrogen) atoms. The molecule has 1 N–H and O–H groups in total. The first-order chi connectivity index (χ1) is 11.8. The van der Waals surface area contributed by atoms with Gasteiger partial charge in [0.15, 0.2) is 0 Å². The van der Waals surface area contributed by atoms with Crippen LogP contribution in [-0.2, 0) is 9.47 Å². The molecule has 0 heterocycles. The highest BCUT2D eigenvalue weighted by molar-refractivity contribution is 5.89. The Balaban J connectivity index is 1.98. The smallest absolute Gasteiger partial charge is 0.408 e. The minimum atomic E-state index is -0.584. The second kappa shape index (κ2) is 8.09. The summed E-state index contributed by atoms with van der Waals surface area (Å²) in [6.45, 7) is 5.38. The van der Waals surface area contributed by atoms with E-state index >= 15 is 0 Å². The molecule has 7 nitrogen and oxygen atoms in total. The van der Waals surface area contributed by atoms with Crippen molar-refractivity contribution in [2.24, 2.45) is 5.18 Å². The van der Waals surface area contributed by atoms with E-state index in [2.05, 4.69) is 10.5 Å². The normalized spacial score (nSPS) is 20.4. The van der Waals surface area contributed by atoms with Gasteiger partial charge in [0, 0.05) is 0 Å². The topological polar surface area (TPSA) is 94.1 Å². The van der Waals surface area contributed by atoms with Crippen molar-refractivity contribution < 1.29 is 19.1 Å².